The molecule has 5 aromatic carbocycles. The van der Waals surface area contributed by atoms with E-state index < -0.39 is 0 Å². The van der Waals surface area contributed by atoms with E-state index in [0.29, 0.717) is 23.7 Å². The molecule has 0 unspecified atom stereocenters. The highest BCUT2D eigenvalue weighted by Gasteiger charge is 2.24. The van der Waals surface area contributed by atoms with E-state index in [-0.39, 0.29) is 0 Å². The van der Waals surface area contributed by atoms with E-state index in [2.05, 4.69) is 384 Å². The fraction of sp³-hybridized carbons (Fsp3) is 0.327. The van der Waals surface area contributed by atoms with Crippen LogP contribution in [-0.2, 0) is 48.1 Å². The number of fused-ring (bicyclic) bond motifs is 5. The lowest BCUT2D eigenvalue weighted by Crippen LogP contribution is -2.31. The largest absolute Gasteiger partial charge is 0.264 e. The van der Waals surface area contributed by atoms with Crippen molar-refractivity contribution in [3.8, 4) is 56.3 Å². The number of rotatable bonds is 11. The number of nitrogens with zero attached hydrogens (tertiary/aromatic N) is 10. The standard InChI is InChI=1S/2C22H27N2.2C21H25N2.C18H19N2/c1-14(2)9-19-8-7-18-13-24(6)22(12-21(18)23-19)20-11-15(3)10-16(4)17(20)5;1-14(2)9-18-7-8-23-21-12-22(24(6)13-20(18)21)19-11-15(3)10-16(4)17(19)5;1-13(2)19-11-22-10-17-9-21(23(6)12-20(17)19)18-8-14(3)7-15(4)16(18)5;1-13(2)17-7-8-22-20-11-21(23(6)12-19(17)20)18-10-14(3)9-15(4)16(18)5;1-12-7-13(2)14(3)17(8-12)18-9-16-10-19-6-5-15(16)11-20(18)4/h2*7-8,10-14H,9H2,1-6H3;2*7-13H,1-6H3;5-11H,1-4H3/q5*+1. The minimum Gasteiger partial charge on any atom is -0.264 e. The molecule has 0 N–H and O–H groups in total. The van der Waals surface area contributed by atoms with Crippen molar-refractivity contribution in [3.05, 3.63) is 295 Å². The SMILES string of the molecule is Cc1cc(C)c(C)c(-c2cc3cncc(C(C)C)c3c[n+]2C)c1.Cc1cc(C)c(C)c(-c2cc3cnccc3c[n+]2C)c1.Cc1cc(C)c(C)c(-c2cc3nc(CC(C)C)ccc3c[n+]2C)c1.Cc1cc(C)c(C)c(-c2cc3nccc(C(C)C)c3c[n+]2C)c1.Cc1cc(C)c(C)c(-c2cc3nccc(CC(C)C)c3c[n+]2C)c1. The van der Waals surface area contributed by atoms with Crippen molar-refractivity contribution in [2.45, 2.75) is 184 Å². The molecule has 584 valence electrons. The molecule has 0 saturated heterocycles. The number of pyridine rings is 10. The Hall–Kier alpha value is -11.1. The average molecular weight is 1510 g/mol. The molecule has 10 heterocycles. The second-order valence-corrected chi connectivity index (χ2v) is 34.1. The van der Waals surface area contributed by atoms with Crippen LogP contribution in [0.4, 0.5) is 0 Å². The number of hydrogen-bond donors (Lipinski definition) is 0. The lowest BCUT2D eigenvalue weighted by molar-refractivity contribution is -0.659. The highest BCUT2D eigenvalue weighted by atomic mass is 14.9. The Balaban J connectivity index is 0.000000141. The monoisotopic (exact) mass is 1510 g/mol. The van der Waals surface area contributed by atoms with Gasteiger partial charge in [0.2, 0.25) is 28.5 Å². The van der Waals surface area contributed by atoms with Crippen molar-refractivity contribution < 1.29 is 22.8 Å². The molecule has 0 amide bonds. The van der Waals surface area contributed by atoms with Crippen LogP contribution in [-0.4, -0.2) is 24.9 Å². The van der Waals surface area contributed by atoms with Gasteiger partial charge in [-0.15, -0.1) is 0 Å². The zero-order valence-corrected chi connectivity index (χ0v) is 73.6. The Kier molecular flexibility index (Phi) is 26.1. The molecule has 114 heavy (non-hydrogen) atoms. The van der Waals surface area contributed by atoms with Gasteiger partial charge in [0.15, 0.2) is 31.0 Å². The van der Waals surface area contributed by atoms with Crippen LogP contribution >= 0.6 is 0 Å². The number of hydrogen-bond acceptors (Lipinski definition) is 5. The maximum atomic E-state index is 4.90. The molecule has 0 spiro atoms. The molecule has 0 aliphatic carbocycles. The maximum absolute atomic E-state index is 4.90. The normalized spacial score (nSPS) is 11.4. The summed E-state index contributed by atoms with van der Waals surface area (Å²) in [6.45, 7) is 50.6. The summed E-state index contributed by atoms with van der Waals surface area (Å²) in [5, 5.41) is 8.60. The van der Waals surface area contributed by atoms with E-state index in [1.807, 2.05) is 43.2 Å². The van der Waals surface area contributed by atoms with E-state index >= 15 is 0 Å². The third-order valence-electron chi connectivity index (χ3n) is 23.0. The van der Waals surface area contributed by atoms with Gasteiger partial charge >= 0.3 is 0 Å². The molecule has 0 radical (unpaired) electrons. The van der Waals surface area contributed by atoms with Gasteiger partial charge in [-0.2, -0.15) is 0 Å². The van der Waals surface area contributed by atoms with Gasteiger partial charge in [0.05, 0.1) is 38.1 Å². The summed E-state index contributed by atoms with van der Waals surface area (Å²) >= 11 is 0. The van der Waals surface area contributed by atoms with Gasteiger partial charge in [-0.25, -0.2) is 22.8 Å². The van der Waals surface area contributed by atoms with E-state index in [1.165, 1.54) is 200 Å². The van der Waals surface area contributed by atoms with Crippen LogP contribution in [0.1, 0.15) is 173 Å². The fourth-order valence-corrected chi connectivity index (χ4v) is 16.3. The van der Waals surface area contributed by atoms with Gasteiger partial charge in [0, 0.05) is 117 Å². The first-order valence-electron chi connectivity index (χ1n) is 40.8. The molecular formula is C104H123N10+5. The lowest BCUT2D eigenvalue weighted by Gasteiger charge is -2.12. The van der Waals surface area contributed by atoms with Crippen LogP contribution in [0, 0.1) is 116 Å². The Labute approximate surface area is 680 Å². The fourth-order valence-electron chi connectivity index (χ4n) is 16.3. The van der Waals surface area contributed by atoms with Crippen molar-refractivity contribution in [2.24, 2.45) is 47.1 Å². The first-order valence-corrected chi connectivity index (χ1v) is 40.8. The molecule has 0 atom stereocenters. The number of aromatic nitrogens is 10. The topological polar surface area (TPSA) is 83.8 Å². The van der Waals surface area contributed by atoms with Gasteiger partial charge in [0.1, 0.15) is 35.2 Å². The molecule has 15 rings (SSSR count). The number of aryl methyl sites for hydroxylation is 15. The predicted molar refractivity (Wildman–Crippen MR) is 478 cm³/mol. The smallest absolute Gasteiger partial charge is 0.214 e. The van der Waals surface area contributed by atoms with E-state index in [4.69, 9.17) is 4.98 Å². The second-order valence-electron chi connectivity index (χ2n) is 34.1. The highest BCUT2D eigenvalue weighted by molar-refractivity contribution is 5.89. The van der Waals surface area contributed by atoms with E-state index in [1.54, 1.807) is 0 Å². The number of benzene rings is 5. The molecular weight excluding hydrogens is 1390 g/mol. The summed E-state index contributed by atoms with van der Waals surface area (Å²) in [4.78, 5) is 22.8. The summed E-state index contributed by atoms with van der Waals surface area (Å²) in [6, 6.07) is 44.5. The van der Waals surface area contributed by atoms with Crippen LogP contribution in [0.15, 0.2) is 189 Å². The molecule has 0 bridgehead atoms. The van der Waals surface area contributed by atoms with Crippen LogP contribution in [0.5, 0.6) is 0 Å². The van der Waals surface area contributed by atoms with Gasteiger partial charge in [0.25, 0.3) is 0 Å². The summed E-state index contributed by atoms with van der Waals surface area (Å²) in [6.07, 6.45) is 24.8. The van der Waals surface area contributed by atoms with E-state index in [9.17, 15) is 0 Å². The summed E-state index contributed by atoms with van der Waals surface area (Å²) < 4.78 is 11.1. The molecule has 0 aliphatic heterocycles. The molecule has 0 fully saturated rings. The third-order valence-corrected chi connectivity index (χ3v) is 23.0. The molecule has 10 nitrogen and oxygen atoms in total. The van der Waals surface area contributed by atoms with Crippen molar-refractivity contribution in [1.29, 1.82) is 0 Å². The van der Waals surface area contributed by atoms with Gasteiger partial charge in [-0.05, 0) is 273 Å². The Morgan fingerprint density at radius 3 is 1.10 bits per heavy atom. The Morgan fingerprint density at radius 1 is 0.289 bits per heavy atom. The predicted octanol–water partition coefficient (Wildman–Crippen LogP) is 22.9. The van der Waals surface area contributed by atoms with E-state index in [0.717, 1.165) is 29.4 Å². The van der Waals surface area contributed by atoms with Crippen molar-refractivity contribution in [2.75, 3.05) is 0 Å². The first kappa shape index (κ1) is 83.8. The van der Waals surface area contributed by atoms with Crippen molar-refractivity contribution in [1.82, 2.24) is 24.9 Å². The van der Waals surface area contributed by atoms with Crippen molar-refractivity contribution in [3.63, 3.8) is 0 Å². The van der Waals surface area contributed by atoms with Gasteiger partial charge < -0.3 is 0 Å². The van der Waals surface area contributed by atoms with Gasteiger partial charge in [-0.1, -0.05) is 114 Å². The maximum Gasteiger partial charge on any atom is 0.214 e. The zero-order chi connectivity index (χ0) is 82.6. The molecule has 0 saturated carbocycles. The third kappa shape index (κ3) is 18.9. The molecule has 15 aromatic rings. The van der Waals surface area contributed by atoms with Crippen LogP contribution in [0.2, 0.25) is 0 Å². The highest BCUT2D eigenvalue weighted by Crippen LogP contribution is 2.35. The minimum atomic E-state index is 0.472. The van der Waals surface area contributed by atoms with Gasteiger partial charge in [-0.3, -0.25) is 24.9 Å². The van der Waals surface area contributed by atoms with Crippen LogP contribution < -0.4 is 22.8 Å². The lowest BCUT2D eigenvalue weighted by atomic mass is 9.95. The zero-order valence-electron chi connectivity index (χ0n) is 73.6. The minimum absolute atomic E-state index is 0.472. The summed E-state index contributed by atoms with van der Waals surface area (Å²) in [5.74, 6) is 2.23. The molecule has 10 heteroatoms. The van der Waals surface area contributed by atoms with Crippen LogP contribution in [0.25, 0.3) is 111 Å². The Bertz CT molecular complexity index is 5920. The van der Waals surface area contributed by atoms with Crippen LogP contribution in [0.3, 0.4) is 0 Å². The summed E-state index contributed by atoms with van der Waals surface area (Å²) in [7, 11) is 10.6. The summed E-state index contributed by atoms with van der Waals surface area (Å²) in [5.41, 5.74) is 41.0. The second kappa shape index (κ2) is 35.5. The quantitative estimate of drug-likeness (QED) is 0.121. The first-order chi connectivity index (χ1) is 54.0. The van der Waals surface area contributed by atoms with Crippen molar-refractivity contribution >= 4 is 54.3 Å². The average Bonchev–Trinajstić information content (AvgIpc) is 0.800. The molecule has 0 aliphatic rings. The molecule has 10 aromatic heterocycles. The Morgan fingerprint density at radius 2 is 0.658 bits per heavy atom.